The molecule has 5 nitrogen and oxygen atoms in total. The number of hydrogen-bond donors (Lipinski definition) is 0. The summed E-state index contributed by atoms with van der Waals surface area (Å²) in [6.07, 6.45) is -0.257. The summed E-state index contributed by atoms with van der Waals surface area (Å²) in [5.74, 6) is 0. The second-order valence-electron chi connectivity index (χ2n) is 2.77. The summed E-state index contributed by atoms with van der Waals surface area (Å²) < 4.78 is 9.71. The maximum atomic E-state index is 11.3. The first-order chi connectivity index (χ1) is 6.34. The third-order valence-electron chi connectivity index (χ3n) is 1.83. The minimum atomic E-state index is -0.257. The molecule has 0 spiro atoms. The Bertz CT molecular complexity index is 157. The van der Waals surface area contributed by atoms with Crippen molar-refractivity contribution in [2.24, 2.45) is 0 Å². The topological polar surface area (TPSA) is 52.9 Å². The molecule has 1 amide bonds. The van der Waals surface area contributed by atoms with Gasteiger partial charge in [0.25, 0.3) is 0 Å². The highest BCUT2D eigenvalue weighted by atomic mass is 16.6. The van der Waals surface area contributed by atoms with Crippen LogP contribution in [0.15, 0.2) is 0 Å². The van der Waals surface area contributed by atoms with E-state index in [4.69, 9.17) is 9.47 Å². The van der Waals surface area contributed by atoms with Crippen molar-refractivity contribution < 1.29 is 14.3 Å². The zero-order chi connectivity index (χ0) is 9.52. The predicted octanol–water partition coefficient (Wildman–Crippen LogP) is -0.311. The van der Waals surface area contributed by atoms with Gasteiger partial charge in [0.15, 0.2) is 0 Å². The van der Waals surface area contributed by atoms with E-state index in [9.17, 15) is 4.79 Å². The van der Waals surface area contributed by atoms with Crippen LogP contribution >= 0.6 is 0 Å². The van der Waals surface area contributed by atoms with E-state index < -0.39 is 0 Å². The van der Waals surface area contributed by atoms with Gasteiger partial charge in [-0.3, -0.25) is 0 Å². The molecule has 0 aromatic heterocycles. The number of carbonyl (C=O) groups is 1. The minimum absolute atomic E-state index is 0.257. The molecule has 1 rings (SSSR count). The number of ether oxygens (including phenoxy) is 2. The number of piperazine rings is 1. The van der Waals surface area contributed by atoms with Crippen molar-refractivity contribution in [1.29, 1.82) is 0 Å². The number of carbonyl (C=O) groups excluding carboxylic acids is 1. The Labute approximate surface area is 78.0 Å². The Morgan fingerprint density at radius 2 is 2.08 bits per heavy atom. The summed E-state index contributed by atoms with van der Waals surface area (Å²) in [6, 6.07) is 0. The molecule has 0 aromatic rings. The molecule has 0 bridgehead atoms. The molecule has 1 radical (unpaired) electrons. The largest absolute Gasteiger partial charge is 0.447 e. The van der Waals surface area contributed by atoms with E-state index in [2.05, 4.69) is 5.32 Å². The number of hydrogen-bond acceptors (Lipinski definition) is 3. The molecule has 0 aliphatic carbocycles. The third kappa shape index (κ3) is 3.61. The maximum absolute atomic E-state index is 11.3. The summed E-state index contributed by atoms with van der Waals surface area (Å²) in [6.45, 7) is 3.56. The molecule has 0 aromatic carbocycles. The van der Waals surface area contributed by atoms with E-state index in [1.807, 2.05) is 0 Å². The van der Waals surface area contributed by atoms with Gasteiger partial charge >= 0.3 is 6.09 Å². The van der Waals surface area contributed by atoms with Gasteiger partial charge in [-0.25, -0.2) is 10.1 Å². The van der Waals surface area contributed by atoms with Crippen molar-refractivity contribution in [1.82, 2.24) is 10.2 Å². The highest BCUT2D eigenvalue weighted by Gasteiger charge is 2.17. The van der Waals surface area contributed by atoms with Gasteiger partial charge in [0.05, 0.1) is 6.61 Å². The summed E-state index contributed by atoms with van der Waals surface area (Å²) in [5, 5.41) is 4.13. The van der Waals surface area contributed by atoms with Crippen LogP contribution in [0.1, 0.15) is 0 Å². The van der Waals surface area contributed by atoms with Gasteiger partial charge in [0.2, 0.25) is 0 Å². The third-order valence-corrected chi connectivity index (χ3v) is 1.83. The van der Waals surface area contributed by atoms with Crippen LogP contribution < -0.4 is 5.32 Å². The van der Waals surface area contributed by atoms with Crippen LogP contribution in [-0.2, 0) is 9.47 Å². The number of amides is 1. The Hall–Kier alpha value is -0.810. The molecular weight excluding hydrogens is 172 g/mol. The smallest absolute Gasteiger partial charge is 0.409 e. The van der Waals surface area contributed by atoms with E-state index in [1.165, 1.54) is 0 Å². The molecule has 75 valence electrons. The highest BCUT2D eigenvalue weighted by Crippen LogP contribution is 1.96. The minimum Gasteiger partial charge on any atom is -0.447 e. The molecule has 1 aliphatic rings. The van der Waals surface area contributed by atoms with Crippen LogP contribution in [-0.4, -0.2) is 57.5 Å². The van der Waals surface area contributed by atoms with Crippen LogP contribution in [0.3, 0.4) is 0 Å². The molecule has 1 saturated heterocycles. The maximum Gasteiger partial charge on any atom is 0.409 e. The zero-order valence-electron chi connectivity index (χ0n) is 7.86. The molecule has 13 heavy (non-hydrogen) atoms. The standard InChI is InChI=1S/C8H15N2O3/c1-12-6-7-13-8(11)10-4-2-9-3-5-10/h2-7H2,1H3. The van der Waals surface area contributed by atoms with Gasteiger partial charge in [-0.1, -0.05) is 0 Å². The van der Waals surface area contributed by atoms with Crippen molar-refractivity contribution in [2.75, 3.05) is 46.5 Å². The van der Waals surface area contributed by atoms with Crippen molar-refractivity contribution in [3.8, 4) is 0 Å². The lowest BCUT2D eigenvalue weighted by molar-refractivity contribution is 0.0688. The van der Waals surface area contributed by atoms with E-state index >= 15 is 0 Å². The fourth-order valence-corrected chi connectivity index (χ4v) is 1.09. The zero-order valence-corrected chi connectivity index (χ0v) is 7.86. The lowest BCUT2D eigenvalue weighted by Crippen LogP contribution is -2.44. The normalized spacial score (nSPS) is 17.2. The number of methoxy groups -OCH3 is 1. The summed E-state index contributed by atoms with van der Waals surface area (Å²) in [7, 11) is 1.58. The van der Waals surface area contributed by atoms with E-state index in [0.717, 1.165) is 13.1 Å². The Kier molecular flexibility index (Phi) is 4.56. The van der Waals surface area contributed by atoms with Gasteiger partial charge < -0.3 is 14.4 Å². The molecule has 0 atom stereocenters. The Morgan fingerprint density at radius 3 is 2.69 bits per heavy atom. The molecule has 5 heteroatoms. The van der Waals surface area contributed by atoms with Crippen LogP contribution in [0.5, 0.6) is 0 Å². The van der Waals surface area contributed by atoms with Crippen LogP contribution in [0.25, 0.3) is 0 Å². The first kappa shape index (κ1) is 10.3. The SMILES string of the molecule is COCCOC(=O)N1CC[N]CC1. The van der Waals surface area contributed by atoms with E-state index in [-0.39, 0.29) is 6.09 Å². The molecule has 1 aliphatic heterocycles. The van der Waals surface area contributed by atoms with Crippen molar-refractivity contribution in [2.45, 2.75) is 0 Å². The summed E-state index contributed by atoms with van der Waals surface area (Å²) >= 11 is 0. The van der Waals surface area contributed by atoms with Crippen molar-refractivity contribution in [3.63, 3.8) is 0 Å². The molecule has 0 saturated carbocycles. The molecule has 1 heterocycles. The second kappa shape index (κ2) is 5.77. The van der Waals surface area contributed by atoms with E-state index in [0.29, 0.717) is 26.3 Å². The average Bonchev–Trinajstić information content (AvgIpc) is 2.19. The molecule has 0 unspecified atom stereocenters. The monoisotopic (exact) mass is 187 g/mol. The first-order valence-corrected chi connectivity index (χ1v) is 4.38. The predicted molar refractivity (Wildman–Crippen MR) is 46.7 cm³/mol. The highest BCUT2D eigenvalue weighted by molar-refractivity contribution is 5.67. The summed E-state index contributed by atoms with van der Waals surface area (Å²) in [5.41, 5.74) is 0. The van der Waals surface area contributed by atoms with Crippen molar-refractivity contribution >= 4 is 6.09 Å². The average molecular weight is 187 g/mol. The molecular formula is C8H15N2O3. The van der Waals surface area contributed by atoms with Gasteiger partial charge in [-0.15, -0.1) is 0 Å². The van der Waals surface area contributed by atoms with Gasteiger partial charge in [0, 0.05) is 33.3 Å². The van der Waals surface area contributed by atoms with Crippen LogP contribution in [0.4, 0.5) is 4.79 Å². The first-order valence-electron chi connectivity index (χ1n) is 4.38. The van der Waals surface area contributed by atoms with Crippen LogP contribution in [0, 0.1) is 0 Å². The van der Waals surface area contributed by atoms with Gasteiger partial charge in [-0.2, -0.15) is 0 Å². The van der Waals surface area contributed by atoms with Crippen LogP contribution in [0.2, 0.25) is 0 Å². The lowest BCUT2D eigenvalue weighted by atomic mass is 10.4. The van der Waals surface area contributed by atoms with Gasteiger partial charge in [0.1, 0.15) is 6.61 Å². The van der Waals surface area contributed by atoms with Crippen molar-refractivity contribution in [3.05, 3.63) is 0 Å². The number of rotatable bonds is 3. The Balaban J connectivity index is 2.13. The number of nitrogens with zero attached hydrogens (tertiary/aromatic N) is 2. The molecule has 0 N–H and O–H groups in total. The molecule has 1 fully saturated rings. The summed E-state index contributed by atoms with van der Waals surface area (Å²) in [4.78, 5) is 12.9. The van der Waals surface area contributed by atoms with Gasteiger partial charge in [-0.05, 0) is 0 Å². The fraction of sp³-hybridized carbons (Fsp3) is 0.875. The lowest BCUT2D eigenvalue weighted by Gasteiger charge is -2.25. The quantitative estimate of drug-likeness (QED) is 0.569. The van der Waals surface area contributed by atoms with E-state index in [1.54, 1.807) is 12.0 Å². The fourth-order valence-electron chi connectivity index (χ4n) is 1.09. The Morgan fingerprint density at radius 1 is 1.38 bits per heavy atom. The second-order valence-corrected chi connectivity index (χ2v) is 2.77.